The largest absolute Gasteiger partial charge is 0.378 e. The van der Waals surface area contributed by atoms with Gasteiger partial charge < -0.3 is 10.1 Å². The van der Waals surface area contributed by atoms with Gasteiger partial charge in [0.15, 0.2) is 0 Å². The van der Waals surface area contributed by atoms with Gasteiger partial charge in [-0.1, -0.05) is 0 Å². The van der Waals surface area contributed by atoms with Gasteiger partial charge in [-0.05, 0) is 62.4 Å². The van der Waals surface area contributed by atoms with Crippen LogP contribution in [0.3, 0.4) is 0 Å². The first-order valence-electron chi connectivity index (χ1n) is 8.12. The van der Waals surface area contributed by atoms with Crippen molar-refractivity contribution in [2.45, 2.75) is 65.1 Å². The summed E-state index contributed by atoms with van der Waals surface area (Å²) in [4.78, 5) is 0. The van der Waals surface area contributed by atoms with Gasteiger partial charge in [0.25, 0.3) is 0 Å². The number of nitrogens with one attached hydrogen (secondary N) is 1. The molecule has 2 atom stereocenters. The van der Waals surface area contributed by atoms with Crippen LogP contribution in [0.2, 0.25) is 0 Å². The lowest BCUT2D eigenvalue weighted by atomic mass is 9.77. The molecule has 1 saturated heterocycles. The van der Waals surface area contributed by atoms with E-state index in [0.717, 1.165) is 44.3 Å². The molecule has 0 bridgehead atoms. The Labute approximate surface area is 135 Å². The molecule has 2 unspecified atom stereocenters. The Morgan fingerprint density at radius 1 is 1.48 bits per heavy atom. The van der Waals surface area contributed by atoms with Crippen molar-refractivity contribution in [1.29, 1.82) is 0 Å². The molecule has 0 amide bonds. The number of nitrogens with zero attached hydrogens (tertiary/aromatic N) is 2. The first kappa shape index (κ1) is 15.5. The fourth-order valence-corrected chi connectivity index (χ4v) is 3.78. The highest BCUT2D eigenvalue weighted by molar-refractivity contribution is 9.10. The van der Waals surface area contributed by atoms with Crippen LogP contribution in [-0.4, -0.2) is 35.1 Å². The van der Waals surface area contributed by atoms with E-state index >= 15 is 0 Å². The molecule has 118 valence electrons. The summed E-state index contributed by atoms with van der Waals surface area (Å²) in [6.07, 6.45) is 5.13. The molecule has 0 radical (unpaired) electrons. The number of hydrogen-bond acceptors (Lipinski definition) is 3. The number of rotatable bonds is 6. The van der Waals surface area contributed by atoms with E-state index in [1.54, 1.807) is 0 Å². The molecule has 1 N–H and O–H groups in total. The average Bonchev–Trinajstić information content (AvgIpc) is 3.19. The molecule has 21 heavy (non-hydrogen) atoms. The van der Waals surface area contributed by atoms with Gasteiger partial charge in [0, 0.05) is 31.2 Å². The second-order valence-electron chi connectivity index (χ2n) is 6.62. The second kappa shape index (κ2) is 6.01. The van der Waals surface area contributed by atoms with Crippen molar-refractivity contribution in [3.8, 4) is 0 Å². The molecule has 2 heterocycles. The maximum Gasteiger partial charge on any atom is 0.0738 e. The molecule has 1 aliphatic carbocycles. The molecule has 2 aliphatic rings. The molecule has 3 rings (SSSR count). The van der Waals surface area contributed by atoms with Gasteiger partial charge >= 0.3 is 0 Å². The first-order chi connectivity index (χ1) is 10.1. The minimum Gasteiger partial charge on any atom is -0.378 e. The van der Waals surface area contributed by atoms with Crippen LogP contribution in [0, 0.1) is 12.3 Å². The normalized spacial score (nSPS) is 29.2. The number of halogens is 1. The summed E-state index contributed by atoms with van der Waals surface area (Å²) in [5.74, 6) is 0. The van der Waals surface area contributed by atoms with E-state index < -0.39 is 0 Å². The van der Waals surface area contributed by atoms with Gasteiger partial charge in [0.1, 0.15) is 0 Å². The SMILES string of the molecule is CCn1nc(C)c(Br)c1CC1(CNC2CC2)CCOC1C. The molecule has 1 aliphatic heterocycles. The number of ether oxygens (including phenoxy) is 1. The van der Waals surface area contributed by atoms with E-state index in [4.69, 9.17) is 4.74 Å². The summed E-state index contributed by atoms with van der Waals surface area (Å²) in [5.41, 5.74) is 2.61. The molecule has 1 aromatic heterocycles. The van der Waals surface area contributed by atoms with E-state index in [9.17, 15) is 0 Å². The van der Waals surface area contributed by atoms with Gasteiger partial charge in [-0.25, -0.2) is 0 Å². The van der Waals surface area contributed by atoms with Gasteiger partial charge in [-0.2, -0.15) is 5.10 Å². The van der Waals surface area contributed by atoms with E-state index in [-0.39, 0.29) is 5.41 Å². The smallest absolute Gasteiger partial charge is 0.0738 e. The van der Waals surface area contributed by atoms with Crippen molar-refractivity contribution >= 4 is 15.9 Å². The predicted octanol–water partition coefficient (Wildman–Crippen LogP) is 3.06. The molecule has 2 fully saturated rings. The fourth-order valence-electron chi connectivity index (χ4n) is 3.35. The molecule has 0 spiro atoms. The van der Waals surface area contributed by atoms with Gasteiger partial charge in [0.2, 0.25) is 0 Å². The van der Waals surface area contributed by atoms with E-state index in [2.05, 4.69) is 51.8 Å². The zero-order chi connectivity index (χ0) is 15.0. The van der Waals surface area contributed by atoms with Crippen molar-refractivity contribution < 1.29 is 4.74 Å². The first-order valence-corrected chi connectivity index (χ1v) is 8.92. The van der Waals surface area contributed by atoms with Gasteiger partial charge in [0.05, 0.1) is 22.0 Å². The molecular weight excluding hydrogens is 330 g/mol. The molecular formula is C16H26BrN3O. The van der Waals surface area contributed by atoms with E-state index in [1.807, 2.05) is 0 Å². The number of hydrogen-bond donors (Lipinski definition) is 1. The van der Waals surface area contributed by atoms with Crippen molar-refractivity contribution in [3.63, 3.8) is 0 Å². The standard InChI is InChI=1S/C16H26BrN3O/c1-4-20-14(15(17)11(2)19-20)9-16(7-8-21-12(16)3)10-18-13-5-6-13/h12-13,18H,4-10H2,1-3H3. The summed E-state index contributed by atoms with van der Waals surface area (Å²) in [7, 11) is 0. The summed E-state index contributed by atoms with van der Waals surface area (Å²) < 4.78 is 9.25. The Morgan fingerprint density at radius 2 is 2.24 bits per heavy atom. The quantitative estimate of drug-likeness (QED) is 0.852. The van der Waals surface area contributed by atoms with Crippen LogP contribution in [0.4, 0.5) is 0 Å². The maximum atomic E-state index is 5.93. The Balaban J connectivity index is 1.83. The third-order valence-electron chi connectivity index (χ3n) is 5.12. The average molecular weight is 356 g/mol. The topological polar surface area (TPSA) is 39.1 Å². The summed E-state index contributed by atoms with van der Waals surface area (Å²) in [6.45, 7) is 9.32. The van der Waals surface area contributed by atoms with E-state index in [0.29, 0.717) is 6.10 Å². The van der Waals surface area contributed by atoms with Crippen LogP contribution in [-0.2, 0) is 17.7 Å². The Hall–Kier alpha value is -0.390. The highest BCUT2D eigenvalue weighted by atomic mass is 79.9. The van der Waals surface area contributed by atoms with Crippen molar-refractivity contribution in [2.75, 3.05) is 13.2 Å². The number of aromatic nitrogens is 2. The molecule has 1 aromatic rings. The minimum absolute atomic E-state index is 0.199. The third-order valence-corrected chi connectivity index (χ3v) is 6.15. The van der Waals surface area contributed by atoms with Gasteiger partial charge in [-0.15, -0.1) is 0 Å². The Morgan fingerprint density at radius 3 is 2.81 bits per heavy atom. The van der Waals surface area contributed by atoms with E-state index in [1.165, 1.54) is 23.0 Å². The fraction of sp³-hybridized carbons (Fsp3) is 0.812. The zero-order valence-corrected chi connectivity index (χ0v) is 14.9. The molecule has 5 heteroatoms. The third kappa shape index (κ3) is 3.06. The maximum absolute atomic E-state index is 5.93. The lowest BCUT2D eigenvalue weighted by Gasteiger charge is -2.33. The van der Waals surface area contributed by atoms with Gasteiger partial charge in [-0.3, -0.25) is 4.68 Å². The van der Waals surface area contributed by atoms with Crippen LogP contribution in [0.25, 0.3) is 0 Å². The Bertz CT molecular complexity index is 512. The second-order valence-corrected chi connectivity index (χ2v) is 7.41. The van der Waals surface area contributed by atoms with Crippen LogP contribution in [0.1, 0.15) is 44.5 Å². The predicted molar refractivity (Wildman–Crippen MR) is 87.5 cm³/mol. The monoisotopic (exact) mass is 355 g/mol. The highest BCUT2D eigenvalue weighted by Gasteiger charge is 2.43. The van der Waals surface area contributed by atoms with Crippen molar-refractivity contribution in [2.24, 2.45) is 5.41 Å². The zero-order valence-electron chi connectivity index (χ0n) is 13.3. The van der Waals surface area contributed by atoms with Crippen LogP contribution >= 0.6 is 15.9 Å². The van der Waals surface area contributed by atoms with Crippen molar-refractivity contribution in [3.05, 3.63) is 15.9 Å². The molecule has 1 saturated carbocycles. The summed E-state index contributed by atoms with van der Waals surface area (Å²) in [6, 6.07) is 0.746. The lowest BCUT2D eigenvalue weighted by Crippen LogP contribution is -2.42. The minimum atomic E-state index is 0.199. The Kier molecular flexibility index (Phi) is 4.44. The number of aryl methyl sites for hydroxylation is 2. The van der Waals surface area contributed by atoms with Crippen LogP contribution < -0.4 is 5.32 Å². The van der Waals surface area contributed by atoms with Crippen LogP contribution in [0.5, 0.6) is 0 Å². The van der Waals surface area contributed by atoms with Crippen molar-refractivity contribution in [1.82, 2.24) is 15.1 Å². The van der Waals surface area contributed by atoms with Crippen LogP contribution in [0.15, 0.2) is 4.47 Å². The summed E-state index contributed by atoms with van der Waals surface area (Å²) in [5, 5.41) is 8.37. The highest BCUT2D eigenvalue weighted by Crippen LogP contribution is 2.40. The lowest BCUT2D eigenvalue weighted by molar-refractivity contribution is 0.0617. The molecule has 0 aromatic carbocycles. The molecule has 4 nitrogen and oxygen atoms in total. The summed E-state index contributed by atoms with van der Waals surface area (Å²) >= 11 is 3.74.